The van der Waals surface area contributed by atoms with Crippen molar-refractivity contribution in [3.8, 4) is 22.6 Å². The van der Waals surface area contributed by atoms with E-state index in [0.29, 0.717) is 5.02 Å². The molecule has 0 N–H and O–H groups in total. The highest BCUT2D eigenvalue weighted by Crippen LogP contribution is 2.41. The molecule has 0 fully saturated rings. The van der Waals surface area contributed by atoms with Gasteiger partial charge in [-0.1, -0.05) is 66.2 Å². The van der Waals surface area contributed by atoms with E-state index < -0.39 is 0 Å². The van der Waals surface area contributed by atoms with Crippen molar-refractivity contribution in [3.63, 3.8) is 0 Å². The molecular weight excluding hydrogens is 339 g/mol. The Balaban J connectivity index is 0.000000249. The molecule has 1 unspecified atom stereocenters. The van der Waals surface area contributed by atoms with Crippen LogP contribution in [0.2, 0.25) is 5.02 Å². The summed E-state index contributed by atoms with van der Waals surface area (Å²) in [5, 5.41) is 1.91. The van der Waals surface area contributed by atoms with Crippen LogP contribution in [0.4, 0.5) is 0 Å². The first-order valence-electron chi connectivity index (χ1n) is 7.43. The molecule has 0 aliphatic heterocycles. The van der Waals surface area contributed by atoms with Crippen molar-refractivity contribution < 1.29 is 9.47 Å². The third-order valence-corrected chi connectivity index (χ3v) is 4.09. The Morgan fingerprint density at radius 2 is 1.25 bits per heavy atom. The lowest BCUT2D eigenvalue weighted by atomic mass is 10.0. The van der Waals surface area contributed by atoms with Crippen LogP contribution in [-0.2, 0) is 0 Å². The number of hydrogen-bond acceptors (Lipinski definition) is 2. The zero-order valence-electron chi connectivity index (χ0n) is 13.7. The molecule has 0 amide bonds. The van der Waals surface area contributed by atoms with Crippen LogP contribution in [0.25, 0.3) is 11.1 Å². The number of benzene rings is 3. The fourth-order valence-electron chi connectivity index (χ4n) is 2.23. The van der Waals surface area contributed by atoms with Gasteiger partial charge in [0.25, 0.3) is 0 Å². The largest absolute Gasteiger partial charge is 0.496 e. The quantitative estimate of drug-likeness (QED) is 0.598. The van der Waals surface area contributed by atoms with Gasteiger partial charge in [0.05, 0.1) is 19.8 Å². The highest BCUT2D eigenvalue weighted by molar-refractivity contribution is 7.27. The zero-order valence-corrected chi connectivity index (χ0v) is 15.6. The Morgan fingerprint density at radius 1 is 0.708 bits per heavy atom. The number of rotatable bonds is 3. The average molecular weight is 359 g/mol. The lowest BCUT2D eigenvalue weighted by molar-refractivity contribution is 0.397. The number of halogens is 1. The molecule has 24 heavy (non-hydrogen) atoms. The van der Waals surface area contributed by atoms with Gasteiger partial charge in [0.15, 0.2) is 0 Å². The standard InChI is InChI=1S/C14H13ClO2.C6H7P/c1-16-12-8-5-9-13(17-2)14(12)10-6-3-4-7-11(10)15;7-6-4-2-1-3-5-6/h3-9H,1-2H3;1-5H,7H2. The van der Waals surface area contributed by atoms with Crippen molar-refractivity contribution in [1.29, 1.82) is 0 Å². The van der Waals surface area contributed by atoms with E-state index in [1.54, 1.807) is 14.2 Å². The Morgan fingerprint density at radius 3 is 1.71 bits per heavy atom. The van der Waals surface area contributed by atoms with E-state index in [-0.39, 0.29) is 0 Å². The van der Waals surface area contributed by atoms with Crippen molar-refractivity contribution in [2.45, 2.75) is 0 Å². The Kier molecular flexibility index (Phi) is 7.11. The molecule has 0 aliphatic rings. The predicted octanol–water partition coefficient (Wildman–Crippen LogP) is 5.21. The van der Waals surface area contributed by atoms with E-state index in [0.717, 1.165) is 22.6 Å². The van der Waals surface area contributed by atoms with Crippen molar-refractivity contribution in [2.75, 3.05) is 14.2 Å². The molecular formula is C20H20ClO2P. The summed E-state index contributed by atoms with van der Waals surface area (Å²) in [7, 11) is 5.90. The summed E-state index contributed by atoms with van der Waals surface area (Å²) in [5.74, 6) is 1.50. The molecule has 0 radical (unpaired) electrons. The molecule has 3 rings (SSSR count). The molecule has 0 saturated carbocycles. The average Bonchev–Trinajstić information content (AvgIpc) is 2.62. The Bertz CT molecular complexity index is 753. The van der Waals surface area contributed by atoms with Crippen LogP contribution in [0.15, 0.2) is 72.8 Å². The van der Waals surface area contributed by atoms with Crippen LogP contribution < -0.4 is 14.8 Å². The van der Waals surface area contributed by atoms with Crippen molar-refractivity contribution in [1.82, 2.24) is 0 Å². The minimum Gasteiger partial charge on any atom is -0.496 e. The van der Waals surface area contributed by atoms with E-state index in [4.69, 9.17) is 21.1 Å². The zero-order chi connectivity index (χ0) is 17.4. The second kappa shape index (κ2) is 9.32. The molecule has 4 heteroatoms. The molecule has 0 bridgehead atoms. The maximum atomic E-state index is 6.21. The van der Waals surface area contributed by atoms with E-state index >= 15 is 0 Å². The monoisotopic (exact) mass is 358 g/mol. The Hall–Kier alpha value is -2.02. The molecule has 0 heterocycles. The van der Waals surface area contributed by atoms with Gasteiger partial charge in [0.1, 0.15) is 11.5 Å². The van der Waals surface area contributed by atoms with Gasteiger partial charge in [0, 0.05) is 10.6 Å². The second-order valence-electron chi connectivity index (χ2n) is 4.93. The summed E-state index contributed by atoms with van der Waals surface area (Å²) < 4.78 is 10.7. The van der Waals surface area contributed by atoms with Gasteiger partial charge in [-0.2, -0.15) is 0 Å². The molecule has 3 aromatic carbocycles. The van der Waals surface area contributed by atoms with E-state index in [9.17, 15) is 0 Å². The minimum absolute atomic E-state index is 0.676. The van der Waals surface area contributed by atoms with Crippen LogP contribution in [0.1, 0.15) is 0 Å². The van der Waals surface area contributed by atoms with Crippen LogP contribution in [0, 0.1) is 0 Å². The first-order valence-corrected chi connectivity index (χ1v) is 8.39. The maximum absolute atomic E-state index is 6.21. The normalized spacial score (nSPS) is 9.67. The van der Waals surface area contributed by atoms with Crippen LogP contribution in [0.3, 0.4) is 0 Å². The number of ether oxygens (including phenoxy) is 2. The van der Waals surface area contributed by atoms with Crippen LogP contribution >= 0.6 is 20.8 Å². The number of methoxy groups -OCH3 is 2. The molecule has 0 aromatic heterocycles. The number of hydrogen-bond donors (Lipinski definition) is 0. The molecule has 0 spiro atoms. The molecule has 2 nitrogen and oxygen atoms in total. The van der Waals surface area contributed by atoms with Gasteiger partial charge in [0.2, 0.25) is 0 Å². The summed E-state index contributed by atoms with van der Waals surface area (Å²) in [5.41, 5.74) is 1.78. The van der Waals surface area contributed by atoms with Gasteiger partial charge in [-0.05, 0) is 23.5 Å². The summed E-state index contributed by atoms with van der Waals surface area (Å²) in [6.45, 7) is 0. The molecule has 3 aromatic rings. The second-order valence-corrected chi connectivity index (χ2v) is 6.00. The predicted molar refractivity (Wildman–Crippen MR) is 106 cm³/mol. The van der Waals surface area contributed by atoms with E-state index in [1.165, 1.54) is 5.30 Å². The molecule has 0 saturated heterocycles. The maximum Gasteiger partial charge on any atom is 0.130 e. The summed E-state index contributed by atoms with van der Waals surface area (Å²) in [4.78, 5) is 0. The smallest absolute Gasteiger partial charge is 0.130 e. The minimum atomic E-state index is 0.676. The summed E-state index contributed by atoms with van der Waals surface area (Å²) in [6, 6.07) is 23.4. The van der Waals surface area contributed by atoms with Gasteiger partial charge in [-0.3, -0.25) is 0 Å². The lowest BCUT2D eigenvalue weighted by Crippen LogP contribution is -1.93. The first-order chi connectivity index (χ1) is 11.7. The molecule has 124 valence electrons. The van der Waals surface area contributed by atoms with Crippen LogP contribution in [-0.4, -0.2) is 14.2 Å². The molecule has 1 atom stereocenters. The fraction of sp³-hybridized carbons (Fsp3) is 0.100. The molecule has 0 aliphatic carbocycles. The lowest BCUT2D eigenvalue weighted by Gasteiger charge is -2.14. The van der Waals surface area contributed by atoms with E-state index in [2.05, 4.69) is 9.24 Å². The van der Waals surface area contributed by atoms with Gasteiger partial charge in [-0.25, -0.2) is 0 Å². The SMILES string of the molecule is COc1cccc(OC)c1-c1ccccc1Cl.Pc1ccccc1. The highest BCUT2D eigenvalue weighted by Gasteiger charge is 2.14. The third-order valence-electron chi connectivity index (χ3n) is 3.37. The first kappa shape index (κ1) is 18.3. The topological polar surface area (TPSA) is 18.5 Å². The van der Waals surface area contributed by atoms with Gasteiger partial charge >= 0.3 is 0 Å². The van der Waals surface area contributed by atoms with Gasteiger partial charge < -0.3 is 9.47 Å². The fourth-order valence-corrected chi connectivity index (χ4v) is 2.69. The third kappa shape index (κ3) is 4.74. The van der Waals surface area contributed by atoms with Crippen molar-refractivity contribution in [2.24, 2.45) is 0 Å². The van der Waals surface area contributed by atoms with Crippen LogP contribution in [0.5, 0.6) is 11.5 Å². The van der Waals surface area contributed by atoms with E-state index in [1.807, 2.05) is 72.8 Å². The van der Waals surface area contributed by atoms with Gasteiger partial charge in [-0.15, -0.1) is 9.24 Å². The van der Waals surface area contributed by atoms with Crippen molar-refractivity contribution >= 4 is 26.1 Å². The summed E-state index contributed by atoms with van der Waals surface area (Å²) in [6.07, 6.45) is 0. The highest BCUT2D eigenvalue weighted by atomic mass is 35.5. The summed E-state index contributed by atoms with van der Waals surface area (Å²) >= 11 is 6.21. The van der Waals surface area contributed by atoms with Crippen molar-refractivity contribution in [3.05, 3.63) is 77.8 Å². The Labute approximate surface area is 150 Å².